The molecule has 1 aromatic heterocycles. The molecule has 2 aliphatic carbocycles. The number of hydrazine groups is 1. The predicted octanol–water partition coefficient (Wildman–Crippen LogP) is 2.00. The van der Waals surface area contributed by atoms with Crippen molar-refractivity contribution in [3.8, 4) is 0 Å². The minimum absolute atomic E-state index is 0.132. The third-order valence-electron chi connectivity index (χ3n) is 6.03. The molecule has 2 fully saturated rings. The van der Waals surface area contributed by atoms with E-state index in [1.54, 1.807) is 31.2 Å². The van der Waals surface area contributed by atoms with Crippen molar-refractivity contribution in [2.45, 2.75) is 45.6 Å². The highest BCUT2D eigenvalue weighted by Crippen LogP contribution is 2.49. The number of benzene rings is 1. The molecule has 0 saturated heterocycles. The minimum Gasteiger partial charge on any atom is -0.273 e. The van der Waals surface area contributed by atoms with Crippen LogP contribution in [-0.4, -0.2) is 21.6 Å². The summed E-state index contributed by atoms with van der Waals surface area (Å²) in [5.74, 6) is 1.19. The molecule has 0 aliphatic heterocycles. The summed E-state index contributed by atoms with van der Waals surface area (Å²) in [4.78, 5) is 37.2. The smallest absolute Gasteiger partial charge is 0.273 e. The standard InChI is InChI=1S/C20H24N4O3/c1-2-24-20(27)16-6-4-3-5-15(16)18(23-24)19(26)22-21-17(25)11-14-10-12-7-8-13(14)9-12/h3-6,12-14H,2,7-11H2,1H3,(H,21,25)(H,22,26). The molecule has 142 valence electrons. The fourth-order valence-corrected chi connectivity index (χ4v) is 4.72. The quantitative estimate of drug-likeness (QED) is 0.808. The maximum atomic E-state index is 12.6. The molecule has 2 N–H and O–H groups in total. The van der Waals surface area contributed by atoms with E-state index >= 15 is 0 Å². The molecule has 2 bridgehead atoms. The van der Waals surface area contributed by atoms with Gasteiger partial charge in [-0.1, -0.05) is 24.6 Å². The lowest BCUT2D eigenvalue weighted by Gasteiger charge is -2.21. The first kappa shape index (κ1) is 17.7. The van der Waals surface area contributed by atoms with Crippen molar-refractivity contribution in [2.24, 2.45) is 17.8 Å². The van der Waals surface area contributed by atoms with Gasteiger partial charge in [-0.05, 0) is 50.0 Å². The molecule has 2 amide bonds. The number of nitrogens with one attached hydrogen (secondary N) is 2. The fraction of sp³-hybridized carbons (Fsp3) is 0.500. The summed E-state index contributed by atoms with van der Waals surface area (Å²) >= 11 is 0. The Balaban J connectivity index is 1.46. The SMILES string of the molecule is CCn1nc(C(=O)NNC(=O)CC2CC3CCC2C3)c2ccccc2c1=O. The van der Waals surface area contributed by atoms with Crippen LogP contribution >= 0.6 is 0 Å². The van der Waals surface area contributed by atoms with Crippen molar-refractivity contribution in [2.75, 3.05) is 0 Å². The van der Waals surface area contributed by atoms with Gasteiger partial charge in [-0.25, -0.2) is 4.68 Å². The van der Waals surface area contributed by atoms with E-state index < -0.39 is 5.91 Å². The first-order chi connectivity index (χ1) is 13.1. The van der Waals surface area contributed by atoms with Gasteiger partial charge in [-0.15, -0.1) is 0 Å². The van der Waals surface area contributed by atoms with Gasteiger partial charge >= 0.3 is 0 Å². The van der Waals surface area contributed by atoms with E-state index in [1.165, 1.54) is 23.9 Å². The fourth-order valence-electron chi connectivity index (χ4n) is 4.72. The zero-order valence-electron chi connectivity index (χ0n) is 15.4. The monoisotopic (exact) mass is 368 g/mol. The third-order valence-corrected chi connectivity index (χ3v) is 6.03. The summed E-state index contributed by atoms with van der Waals surface area (Å²) in [6, 6.07) is 6.87. The number of hydrogen-bond donors (Lipinski definition) is 2. The Bertz CT molecular complexity index is 952. The van der Waals surface area contributed by atoms with E-state index in [2.05, 4.69) is 16.0 Å². The van der Waals surface area contributed by atoms with Gasteiger partial charge in [-0.2, -0.15) is 5.10 Å². The average molecular weight is 368 g/mol. The van der Waals surface area contributed by atoms with Crippen molar-refractivity contribution in [3.63, 3.8) is 0 Å². The molecule has 7 heteroatoms. The maximum absolute atomic E-state index is 12.6. The minimum atomic E-state index is -0.519. The molecule has 2 aromatic rings. The van der Waals surface area contributed by atoms with Crippen LogP contribution in [-0.2, 0) is 11.3 Å². The van der Waals surface area contributed by atoms with Crippen molar-refractivity contribution in [3.05, 3.63) is 40.3 Å². The molecule has 2 aliphatic rings. The Hall–Kier alpha value is -2.70. The van der Waals surface area contributed by atoms with E-state index in [0.29, 0.717) is 35.6 Å². The number of aromatic nitrogens is 2. The van der Waals surface area contributed by atoms with Crippen molar-refractivity contribution in [1.82, 2.24) is 20.6 Å². The first-order valence-corrected chi connectivity index (χ1v) is 9.65. The van der Waals surface area contributed by atoms with Crippen LogP contribution in [0, 0.1) is 17.8 Å². The molecule has 7 nitrogen and oxygen atoms in total. The molecule has 1 heterocycles. The highest BCUT2D eigenvalue weighted by Gasteiger charge is 2.40. The van der Waals surface area contributed by atoms with Crippen molar-refractivity contribution in [1.29, 1.82) is 0 Å². The number of fused-ring (bicyclic) bond motifs is 3. The Morgan fingerprint density at radius 1 is 1.15 bits per heavy atom. The van der Waals surface area contributed by atoms with E-state index in [4.69, 9.17) is 0 Å². The normalized spacial score (nSPS) is 23.5. The predicted molar refractivity (Wildman–Crippen MR) is 101 cm³/mol. The summed E-state index contributed by atoms with van der Waals surface area (Å²) in [5, 5.41) is 5.09. The number of aryl methyl sites for hydroxylation is 1. The largest absolute Gasteiger partial charge is 0.290 e. The van der Waals surface area contributed by atoms with Crippen LogP contribution in [0.2, 0.25) is 0 Å². The Labute approximate surface area is 157 Å². The zero-order valence-corrected chi connectivity index (χ0v) is 15.4. The van der Waals surface area contributed by atoms with Crippen LogP contribution in [0.25, 0.3) is 10.8 Å². The molecule has 0 radical (unpaired) electrons. The molecular weight excluding hydrogens is 344 g/mol. The van der Waals surface area contributed by atoms with Crippen LogP contribution in [0.3, 0.4) is 0 Å². The van der Waals surface area contributed by atoms with Crippen LogP contribution in [0.4, 0.5) is 0 Å². The second-order valence-electron chi connectivity index (χ2n) is 7.66. The van der Waals surface area contributed by atoms with E-state index in [-0.39, 0.29) is 17.2 Å². The van der Waals surface area contributed by atoms with E-state index in [9.17, 15) is 14.4 Å². The highest BCUT2D eigenvalue weighted by molar-refractivity contribution is 6.05. The molecule has 27 heavy (non-hydrogen) atoms. The number of carbonyl (C=O) groups is 2. The maximum Gasteiger partial charge on any atom is 0.290 e. The van der Waals surface area contributed by atoms with Crippen LogP contribution in [0.5, 0.6) is 0 Å². The van der Waals surface area contributed by atoms with Gasteiger partial charge < -0.3 is 0 Å². The number of amides is 2. The van der Waals surface area contributed by atoms with Crippen LogP contribution in [0.1, 0.15) is 49.5 Å². The lowest BCUT2D eigenvalue weighted by atomic mass is 9.86. The number of nitrogens with zero attached hydrogens (tertiary/aromatic N) is 2. The van der Waals surface area contributed by atoms with Gasteiger partial charge in [0.15, 0.2) is 5.69 Å². The average Bonchev–Trinajstić information content (AvgIpc) is 3.30. The topological polar surface area (TPSA) is 93.1 Å². The summed E-state index contributed by atoms with van der Waals surface area (Å²) < 4.78 is 1.26. The van der Waals surface area contributed by atoms with Gasteiger partial charge in [0.1, 0.15) is 0 Å². The summed E-state index contributed by atoms with van der Waals surface area (Å²) in [6.07, 6.45) is 5.34. The van der Waals surface area contributed by atoms with Gasteiger partial charge in [-0.3, -0.25) is 25.2 Å². The Morgan fingerprint density at radius 2 is 1.93 bits per heavy atom. The first-order valence-electron chi connectivity index (χ1n) is 9.65. The van der Waals surface area contributed by atoms with Gasteiger partial charge in [0, 0.05) is 18.4 Å². The Kier molecular flexibility index (Phi) is 4.68. The van der Waals surface area contributed by atoms with Crippen LogP contribution in [0.15, 0.2) is 29.1 Å². The van der Waals surface area contributed by atoms with E-state index in [0.717, 1.165) is 12.3 Å². The molecule has 1 aromatic carbocycles. The summed E-state index contributed by atoms with van der Waals surface area (Å²) in [5.41, 5.74) is 4.88. The second-order valence-corrected chi connectivity index (χ2v) is 7.66. The van der Waals surface area contributed by atoms with Gasteiger partial charge in [0.25, 0.3) is 11.5 Å². The second kappa shape index (κ2) is 7.13. The van der Waals surface area contributed by atoms with E-state index in [1.807, 2.05) is 0 Å². The Morgan fingerprint density at radius 3 is 2.59 bits per heavy atom. The molecule has 0 spiro atoms. The lowest BCUT2D eigenvalue weighted by molar-refractivity contribution is -0.123. The molecule has 4 rings (SSSR count). The number of rotatable bonds is 4. The van der Waals surface area contributed by atoms with Gasteiger partial charge in [0.2, 0.25) is 5.91 Å². The molecule has 3 atom stereocenters. The lowest BCUT2D eigenvalue weighted by Crippen LogP contribution is -2.43. The molecule has 2 saturated carbocycles. The third kappa shape index (κ3) is 3.34. The van der Waals surface area contributed by atoms with Crippen molar-refractivity contribution >= 4 is 22.6 Å². The highest BCUT2D eigenvalue weighted by atomic mass is 16.2. The van der Waals surface area contributed by atoms with Gasteiger partial charge in [0.05, 0.1) is 5.39 Å². The zero-order chi connectivity index (χ0) is 19.0. The number of hydrogen-bond acceptors (Lipinski definition) is 4. The summed E-state index contributed by atoms with van der Waals surface area (Å²) in [6.45, 7) is 2.16. The van der Waals surface area contributed by atoms with Crippen LogP contribution < -0.4 is 16.4 Å². The summed E-state index contributed by atoms with van der Waals surface area (Å²) in [7, 11) is 0. The molecular formula is C20H24N4O3. The number of carbonyl (C=O) groups excluding carboxylic acids is 2. The van der Waals surface area contributed by atoms with Crippen molar-refractivity contribution < 1.29 is 9.59 Å². The molecule has 3 unspecified atom stereocenters.